The van der Waals surface area contributed by atoms with Gasteiger partial charge in [0.2, 0.25) is 5.91 Å². The summed E-state index contributed by atoms with van der Waals surface area (Å²) in [6, 6.07) is 5.66. The fraction of sp³-hybridized carbons (Fsp3) is 0.600. The lowest BCUT2D eigenvalue weighted by Gasteiger charge is -2.35. The summed E-state index contributed by atoms with van der Waals surface area (Å²) in [6.45, 7) is 5.81. The number of imide groups is 1. The zero-order chi connectivity index (χ0) is 19.1. The van der Waals surface area contributed by atoms with Crippen LogP contribution in [0.4, 0.5) is 4.79 Å². The van der Waals surface area contributed by atoms with Gasteiger partial charge < -0.3 is 4.74 Å². The largest absolute Gasteiger partial charge is 0.443 e. The molecule has 1 heterocycles. The smallest absolute Gasteiger partial charge is 0.417 e. The molecule has 2 amide bonds. The lowest BCUT2D eigenvalue weighted by atomic mass is 9.68. The second-order valence-electron chi connectivity index (χ2n) is 8.30. The van der Waals surface area contributed by atoms with Gasteiger partial charge in [-0.25, -0.2) is 9.69 Å². The van der Waals surface area contributed by atoms with E-state index in [-0.39, 0.29) is 17.2 Å². The summed E-state index contributed by atoms with van der Waals surface area (Å²) in [5, 5.41) is 1.02. The molecule has 1 aliphatic heterocycles. The highest BCUT2D eigenvalue weighted by molar-refractivity contribution is 6.42. The van der Waals surface area contributed by atoms with Crippen molar-refractivity contribution in [1.82, 2.24) is 4.90 Å². The second kappa shape index (κ2) is 7.05. The summed E-state index contributed by atoms with van der Waals surface area (Å²) in [4.78, 5) is 26.8. The van der Waals surface area contributed by atoms with Gasteiger partial charge in [-0.15, -0.1) is 0 Å². The van der Waals surface area contributed by atoms with Crippen LogP contribution >= 0.6 is 23.2 Å². The van der Waals surface area contributed by atoms with Gasteiger partial charge >= 0.3 is 6.09 Å². The first-order chi connectivity index (χ1) is 12.1. The maximum atomic E-state index is 13.1. The van der Waals surface area contributed by atoms with E-state index in [9.17, 15) is 9.59 Å². The second-order valence-corrected chi connectivity index (χ2v) is 9.12. The quantitative estimate of drug-likeness (QED) is 0.653. The van der Waals surface area contributed by atoms with Gasteiger partial charge in [0.1, 0.15) is 5.60 Å². The van der Waals surface area contributed by atoms with Crippen LogP contribution in [0.3, 0.4) is 0 Å². The molecule has 1 aromatic carbocycles. The van der Waals surface area contributed by atoms with E-state index in [0.717, 1.165) is 31.2 Å². The van der Waals surface area contributed by atoms with E-state index < -0.39 is 11.7 Å². The van der Waals surface area contributed by atoms with Crippen molar-refractivity contribution in [1.29, 1.82) is 0 Å². The number of carbonyl (C=O) groups excluding carboxylic acids is 2. The van der Waals surface area contributed by atoms with Crippen LogP contribution < -0.4 is 0 Å². The molecule has 1 saturated carbocycles. The molecule has 0 bridgehead atoms. The van der Waals surface area contributed by atoms with Crippen molar-refractivity contribution in [2.75, 3.05) is 6.54 Å². The number of likely N-dealkylation sites (tertiary alicyclic amines) is 1. The van der Waals surface area contributed by atoms with E-state index in [1.807, 2.05) is 12.1 Å². The van der Waals surface area contributed by atoms with Crippen molar-refractivity contribution in [2.24, 2.45) is 5.92 Å². The first kappa shape index (κ1) is 19.5. The maximum absolute atomic E-state index is 13.1. The van der Waals surface area contributed by atoms with Crippen LogP contribution in [-0.4, -0.2) is 29.0 Å². The number of nitrogens with zero attached hydrogens (tertiary/aromatic N) is 1. The highest BCUT2D eigenvalue weighted by Crippen LogP contribution is 2.51. The molecule has 2 fully saturated rings. The monoisotopic (exact) mass is 397 g/mol. The van der Waals surface area contributed by atoms with Gasteiger partial charge in [-0.2, -0.15) is 0 Å². The molecule has 0 aromatic heterocycles. The van der Waals surface area contributed by atoms with Crippen molar-refractivity contribution in [2.45, 2.75) is 63.9 Å². The van der Waals surface area contributed by atoms with Crippen LogP contribution in [0.25, 0.3) is 0 Å². The lowest BCUT2D eigenvalue weighted by molar-refractivity contribution is -0.132. The average Bonchev–Trinajstić information content (AvgIpc) is 3.15. The van der Waals surface area contributed by atoms with Crippen molar-refractivity contribution in [3.05, 3.63) is 33.8 Å². The highest BCUT2D eigenvalue weighted by atomic mass is 35.5. The van der Waals surface area contributed by atoms with Gasteiger partial charge in [0, 0.05) is 12.0 Å². The SMILES string of the molecule is CC(C)(C)OC(=O)N1CC[C@@H](C2(c3ccc(Cl)c(Cl)c3)CCCC2)C1=O. The van der Waals surface area contributed by atoms with E-state index in [1.165, 1.54) is 4.90 Å². The molecule has 26 heavy (non-hydrogen) atoms. The summed E-state index contributed by atoms with van der Waals surface area (Å²) in [6.07, 6.45) is 4.07. The summed E-state index contributed by atoms with van der Waals surface area (Å²) in [7, 11) is 0. The molecule has 0 radical (unpaired) electrons. The van der Waals surface area contributed by atoms with E-state index in [0.29, 0.717) is 23.0 Å². The third-order valence-corrected chi connectivity index (χ3v) is 6.22. The maximum Gasteiger partial charge on any atom is 0.417 e. The Morgan fingerprint density at radius 1 is 1.19 bits per heavy atom. The molecular weight excluding hydrogens is 373 g/mol. The Morgan fingerprint density at radius 3 is 2.42 bits per heavy atom. The summed E-state index contributed by atoms with van der Waals surface area (Å²) < 4.78 is 5.40. The van der Waals surface area contributed by atoms with Crippen LogP contribution in [0.5, 0.6) is 0 Å². The highest BCUT2D eigenvalue weighted by Gasteiger charge is 2.51. The summed E-state index contributed by atoms with van der Waals surface area (Å²) in [5.74, 6) is -0.359. The molecule has 0 spiro atoms. The number of rotatable bonds is 2. The van der Waals surface area contributed by atoms with Crippen LogP contribution in [0, 0.1) is 5.92 Å². The zero-order valence-electron chi connectivity index (χ0n) is 15.5. The zero-order valence-corrected chi connectivity index (χ0v) is 17.0. The normalized spacial score (nSPS) is 22.7. The van der Waals surface area contributed by atoms with E-state index in [2.05, 4.69) is 0 Å². The molecule has 142 valence electrons. The van der Waals surface area contributed by atoms with Gasteiger partial charge in [-0.1, -0.05) is 42.1 Å². The molecule has 1 atom stereocenters. The Bertz CT molecular complexity index is 720. The minimum atomic E-state index is -0.621. The number of carbonyl (C=O) groups is 2. The minimum absolute atomic E-state index is 0.132. The number of amides is 2. The minimum Gasteiger partial charge on any atom is -0.443 e. The third kappa shape index (κ3) is 3.59. The molecule has 2 aliphatic rings. The van der Waals surface area contributed by atoms with E-state index in [1.54, 1.807) is 26.8 Å². The Hall–Kier alpha value is -1.26. The summed E-state index contributed by atoms with van der Waals surface area (Å²) >= 11 is 12.3. The third-order valence-electron chi connectivity index (χ3n) is 5.48. The topological polar surface area (TPSA) is 46.6 Å². The number of benzene rings is 1. The number of halogens is 2. The molecular formula is C20H25Cl2NO3. The molecule has 4 nitrogen and oxygen atoms in total. The van der Waals surface area contributed by atoms with Crippen LogP contribution in [0.2, 0.25) is 10.0 Å². The molecule has 1 saturated heterocycles. The Labute approximate surface area is 164 Å². The number of hydrogen-bond acceptors (Lipinski definition) is 3. The van der Waals surface area contributed by atoms with Crippen molar-refractivity contribution >= 4 is 35.2 Å². The van der Waals surface area contributed by atoms with Crippen LogP contribution in [-0.2, 0) is 14.9 Å². The predicted octanol–water partition coefficient (Wildman–Crippen LogP) is 5.59. The molecule has 6 heteroatoms. The van der Waals surface area contributed by atoms with Crippen molar-refractivity contribution in [3.8, 4) is 0 Å². The van der Waals surface area contributed by atoms with Gasteiger partial charge in [-0.05, 0) is 57.7 Å². The van der Waals surface area contributed by atoms with E-state index >= 15 is 0 Å². The molecule has 0 N–H and O–H groups in total. The Kier molecular flexibility index (Phi) is 5.28. The van der Waals surface area contributed by atoms with Crippen LogP contribution in [0.15, 0.2) is 18.2 Å². The molecule has 1 aliphatic carbocycles. The first-order valence-electron chi connectivity index (χ1n) is 9.14. The first-order valence-corrected chi connectivity index (χ1v) is 9.89. The number of hydrogen-bond donors (Lipinski definition) is 0. The van der Waals surface area contributed by atoms with E-state index in [4.69, 9.17) is 27.9 Å². The van der Waals surface area contributed by atoms with Crippen LogP contribution in [0.1, 0.15) is 58.4 Å². The fourth-order valence-corrected chi connectivity index (χ4v) is 4.64. The van der Waals surface area contributed by atoms with Gasteiger partial charge in [-0.3, -0.25) is 4.79 Å². The Balaban J connectivity index is 1.89. The standard InChI is InChI=1S/C20H25Cl2NO3/c1-19(2,3)26-18(25)23-11-8-14(17(23)24)20(9-4-5-10-20)13-6-7-15(21)16(22)12-13/h6-7,12,14H,4-5,8-11H2,1-3H3/t14-/m1/s1. The molecule has 0 unspecified atom stereocenters. The molecule has 3 rings (SSSR count). The average molecular weight is 398 g/mol. The van der Waals surface area contributed by atoms with Crippen molar-refractivity contribution < 1.29 is 14.3 Å². The van der Waals surface area contributed by atoms with Crippen molar-refractivity contribution in [3.63, 3.8) is 0 Å². The Morgan fingerprint density at radius 2 is 1.85 bits per heavy atom. The predicted molar refractivity (Wildman–Crippen MR) is 103 cm³/mol. The lowest BCUT2D eigenvalue weighted by Crippen LogP contribution is -2.42. The fourth-order valence-electron chi connectivity index (χ4n) is 4.34. The van der Waals surface area contributed by atoms with Gasteiger partial charge in [0.15, 0.2) is 0 Å². The summed E-state index contributed by atoms with van der Waals surface area (Å²) in [5.41, 5.74) is 0.153. The molecule has 1 aromatic rings. The number of ether oxygens (including phenoxy) is 1. The van der Waals surface area contributed by atoms with Gasteiger partial charge in [0.25, 0.3) is 0 Å². The van der Waals surface area contributed by atoms with Gasteiger partial charge in [0.05, 0.1) is 16.0 Å².